The van der Waals surface area contributed by atoms with Gasteiger partial charge in [-0.2, -0.15) is 0 Å². The molecule has 0 aliphatic heterocycles. The van der Waals surface area contributed by atoms with E-state index in [-0.39, 0.29) is 5.78 Å². The molecule has 0 atom stereocenters. The summed E-state index contributed by atoms with van der Waals surface area (Å²) >= 11 is 0. The highest BCUT2D eigenvalue weighted by Crippen LogP contribution is 2.38. The molecule has 0 saturated carbocycles. The predicted octanol–water partition coefficient (Wildman–Crippen LogP) is 4.40. The van der Waals surface area contributed by atoms with E-state index in [2.05, 4.69) is 4.98 Å². The van der Waals surface area contributed by atoms with Gasteiger partial charge in [0.05, 0.1) is 21.3 Å². The van der Waals surface area contributed by atoms with E-state index >= 15 is 0 Å². The van der Waals surface area contributed by atoms with Crippen molar-refractivity contribution in [2.45, 2.75) is 6.92 Å². The average Bonchev–Trinajstić information content (AvgIpc) is 3.09. The Hall–Kier alpha value is -3.21. The molecule has 0 bridgehead atoms. The highest BCUT2D eigenvalue weighted by molar-refractivity contribution is 6.08. The van der Waals surface area contributed by atoms with Gasteiger partial charge in [0.15, 0.2) is 17.3 Å². The Kier molecular flexibility index (Phi) is 4.98. The normalized spacial score (nSPS) is 11.1. The van der Waals surface area contributed by atoms with Crippen LogP contribution in [0.15, 0.2) is 42.6 Å². The average molecular weight is 351 g/mol. The van der Waals surface area contributed by atoms with Crippen LogP contribution in [-0.2, 0) is 0 Å². The minimum absolute atomic E-state index is 0.147. The van der Waals surface area contributed by atoms with Crippen LogP contribution in [0.5, 0.6) is 17.2 Å². The van der Waals surface area contributed by atoms with Crippen molar-refractivity contribution >= 4 is 22.8 Å². The Balaban J connectivity index is 1.94. The zero-order valence-electron chi connectivity index (χ0n) is 15.3. The van der Waals surface area contributed by atoms with Gasteiger partial charge in [-0.3, -0.25) is 4.79 Å². The molecule has 134 valence electrons. The smallest absolute Gasteiger partial charge is 0.203 e. The van der Waals surface area contributed by atoms with Crippen molar-refractivity contribution in [1.29, 1.82) is 0 Å². The Morgan fingerprint density at radius 2 is 1.73 bits per heavy atom. The molecule has 0 fully saturated rings. The van der Waals surface area contributed by atoms with Crippen LogP contribution in [0.2, 0.25) is 0 Å². The number of benzene rings is 2. The van der Waals surface area contributed by atoms with Crippen molar-refractivity contribution in [2.75, 3.05) is 21.3 Å². The summed E-state index contributed by atoms with van der Waals surface area (Å²) in [4.78, 5) is 15.9. The number of methoxy groups -OCH3 is 3. The summed E-state index contributed by atoms with van der Waals surface area (Å²) in [7, 11) is 4.58. The van der Waals surface area contributed by atoms with Crippen molar-refractivity contribution in [3.63, 3.8) is 0 Å². The molecule has 0 radical (unpaired) electrons. The number of aromatic amines is 1. The number of allylic oxidation sites excluding steroid dienone is 1. The maximum atomic E-state index is 12.6. The zero-order valence-corrected chi connectivity index (χ0v) is 15.3. The van der Waals surface area contributed by atoms with Crippen molar-refractivity contribution < 1.29 is 19.0 Å². The second-order valence-electron chi connectivity index (χ2n) is 5.85. The summed E-state index contributed by atoms with van der Waals surface area (Å²) in [5.74, 6) is 1.21. The number of rotatable bonds is 6. The number of nitrogens with one attached hydrogen (secondary N) is 1. The summed E-state index contributed by atoms with van der Waals surface area (Å²) in [6.07, 6.45) is 5.26. The lowest BCUT2D eigenvalue weighted by Crippen LogP contribution is -2.00. The van der Waals surface area contributed by atoms with Gasteiger partial charge in [-0.25, -0.2) is 0 Å². The summed E-state index contributed by atoms with van der Waals surface area (Å²) < 4.78 is 15.9. The lowest BCUT2D eigenvalue weighted by molar-refractivity contribution is 0.104. The minimum atomic E-state index is -0.147. The number of hydrogen-bond donors (Lipinski definition) is 1. The second kappa shape index (κ2) is 7.35. The molecule has 5 nitrogen and oxygen atoms in total. The molecule has 26 heavy (non-hydrogen) atoms. The minimum Gasteiger partial charge on any atom is -0.493 e. The fraction of sp³-hybridized carbons (Fsp3) is 0.190. The maximum Gasteiger partial charge on any atom is 0.203 e. The number of hydrogen-bond acceptors (Lipinski definition) is 4. The van der Waals surface area contributed by atoms with Crippen LogP contribution in [0.4, 0.5) is 0 Å². The van der Waals surface area contributed by atoms with Crippen molar-refractivity contribution in [3.8, 4) is 17.2 Å². The van der Waals surface area contributed by atoms with Crippen LogP contribution in [0.25, 0.3) is 17.0 Å². The lowest BCUT2D eigenvalue weighted by atomic mass is 10.1. The Morgan fingerprint density at radius 1 is 1.04 bits per heavy atom. The van der Waals surface area contributed by atoms with Gasteiger partial charge in [-0.05, 0) is 42.3 Å². The number of carbonyl (C=O) groups is 1. The number of aryl methyl sites for hydroxylation is 1. The Labute approximate surface area is 152 Å². The molecule has 3 rings (SSSR count). The largest absolute Gasteiger partial charge is 0.493 e. The molecule has 1 N–H and O–H groups in total. The molecule has 1 aromatic heterocycles. The van der Waals surface area contributed by atoms with Crippen LogP contribution >= 0.6 is 0 Å². The zero-order chi connectivity index (χ0) is 18.7. The van der Waals surface area contributed by atoms with E-state index in [1.807, 2.05) is 37.4 Å². The first-order valence-electron chi connectivity index (χ1n) is 8.18. The van der Waals surface area contributed by atoms with E-state index in [0.29, 0.717) is 22.8 Å². The van der Waals surface area contributed by atoms with E-state index in [4.69, 9.17) is 14.2 Å². The number of fused-ring (bicyclic) bond motifs is 1. The SMILES string of the molecule is COc1cc(C(=O)/C=C/c2c[nH]c3c(C)cccc23)cc(OC)c1OC. The van der Waals surface area contributed by atoms with Gasteiger partial charge in [0.25, 0.3) is 0 Å². The predicted molar refractivity (Wildman–Crippen MR) is 102 cm³/mol. The van der Waals surface area contributed by atoms with Gasteiger partial charge in [0.1, 0.15) is 0 Å². The number of para-hydroxylation sites is 1. The van der Waals surface area contributed by atoms with E-state index in [0.717, 1.165) is 22.0 Å². The quantitative estimate of drug-likeness (QED) is 0.528. The molecular formula is C21H21NO4. The third-order valence-corrected chi connectivity index (χ3v) is 4.32. The van der Waals surface area contributed by atoms with Gasteiger partial charge >= 0.3 is 0 Å². The summed E-state index contributed by atoms with van der Waals surface area (Å²) in [6.45, 7) is 2.05. The number of aromatic nitrogens is 1. The topological polar surface area (TPSA) is 60.6 Å². The third-order valence-electron chi connectivity index (χ3n) is 4.32. The van der Waals surface area contributed by atoms with E-state index in [1.165, 1.54) is 21.3 Å². The van der Waals surface area contributed by atoms with E-state index < -0.39 is 0 Å². The van der Waals surface area contributed by atoms with Crippen LogP contribution in [0.3, 0.4) is 0 Å². The van der Waals surface area contributed by atoms with Crippen molar-refractivity contribution in [1.82, 2.24) is 4.98 Å². The standard InChI is InChI=1S/C21H21NO4/c1-13-6-5-7-16-14(12-22-20(13)16)8-9-17(23)15-10-18(24-2)21(26-4)19(11-15)25-3/h5-12,22H,1-4H3/b9-8+. The highest BCUT2D eigenvalue weighted by atomic mass is 16.5. The maximum absolute atomic E-state index is 12.6. The molecule has 0 saturated heterocycles. The van der Waals surface area contributed by atoms with Crippen LogP contribution in [0.1, 0.15) is 21.5 Å². The molecule has 0 amide bonds. The van der Waals surface area contributed by atoms with Gasteiger partial charge in [-0.15, -0.1) is 0 Å². The van der Waals surface area contributed by atoms with E-state index in [1.54, 1.807) is 18.2 Å². The molecule has 0 aliphatic carbocycles. The Bertz CT molecular complexity index is 960. The monoisotopic (exact) mass is 351 g/mol. The highest BCUT2D eigenvalue weighted by Gasteiger charge is 2.15. The molecule has 0 unspecified atom stereocenters. The molecular weight excluding hydrogens is 330 g/mol. The molecule has 5 heteroatoms. The summed E-state index contributed by atoms with van der Waals surface area (Å²) in [5.41, 5.74) is 3.67. The molecule has 3 aromatic rings. The van der Waals surface area contributed by atoms with Crippen LogP contribution in [-0.4, -0.2) is 32.1 Å². The fourth-order valence-electron chi connectivity index (χ4n) is 2.95. The number of ketones is 1. The van der Waals surface area contributed by atoms with Crippen LogP contribution < -0.4 is 14.2 Å². The Morgan fingerprint density at radius 3 is 2.35 bits per heavy atom. The second-order valence-corrected chi connectivity index (χ2v) is 5.85. The van der Waals surface area contributed by atoms with Gasteiger partial charge in [0, 0.05) is 22.7 Å². The fourth-order valence-corrected chi connectivity index (χ4v) is 2.95. The first kappa shape index (κ1) is 17.6. The molecule has 1 heterocycles. The first-order valence-corrected chi connectivity index (χ1v) is 8.18. The lowest BCUT2D eigenvalue weighted by Gasteiger charge is -2.13. The van der Waals surface area contributed by atoms with E-state index in [9.17, 15) is 4.79 Å². The molecule has 0 spiro atoms. The van der Waals surface area contributed by atoms with Gasteiger partial charge < -0.3 is 19.2 Å². The van der Waals surface area contributed by atoms with Gasteiger partial charge in [-0.1, -0.05) is 18.2 Å². The van der Waals surface area contributed by atoms with Crippen molar-refractivity contribution in [3.05, 3.63) is 59.3 Å². The number of H-pyrrole nitrogens is 1. The molecule has 2 aromatic carbocycles. The van der Waals surface area contributed by atoms with Gasteiger partial charge in [0.2, 0.25) is 5.75 Å². The summed E-state index contributed by atoms with van der Waals surface area (Å²) in [6, 6.07) is 9.38. The number of carbonyl (C=O) groups excluding carboxylic acids is 1. The molecule has 0 aliphatic rings. The van der Waals surface area contributed by atoms with Crippen LogP contribution in [0, 0.1) is 6.92 Å². The first-order chi connectivity index (χ1) is 12.6. The number of ether oxygens (including phenoxy) is 3. The van der Waals surface area contributed by atoms with Crippen molar-refractivity contribution in [2.24, 2.45) is 0 Å². The summed E-state index contributed by atoms with van der Waals surface area (Å²) in [5, 5.41) is 1.08. The third kappa shape index (κ3) is 3.16.